The summed E-state index contributed by atoms with van der Waals surface area (Å²) in [4.78, 5) is 26.3. The molecule has 2 aliphatic carbocycles. The minimum absolute atomic E-state index is 0.0342. The Morgan fingerprint density at radius 2 is 1.90 bits per heavy atom. The number of Topliss-reactive ketones (excluding diaryl/α,β-unsaturated/α-hetero) is 1. The van der Waals surface area contributed by atoms with Crippen LogP contribution in [0.15, 0.2) is 24.8 Å². The van der Waals surface area contributed by atoms with Crippen LogP contribution < -0.4 is 10.1 Å². The number of aliphatic hydroxyl groups excluding tert-OH is 2. The van der Waals surface area contributed by atoms with Gasteiger partial charge in [-0.15, -0.1) is 0 Å². The second kappa shape index (κ2) is 11.4. The number of rotatable bonds is 10. The Morgan fingerprint density at radius 3 is 2.51 bits per heavy atom. The van der Waals surface area contributed by atoms with Crippen molar-refractivity contribution in [2.75, 3.05) is 34.5 Å². The summed E-state index contributed by atoms with van der Waals surface area (Å²) in [7, 11) is 4.57. The Hall–Kier alpha value is -3.28. The summed E-state index contributed by atoms with van der Waals surface area (Å²) in [5, 5.41) is 46.3. The minimum Gasteiger partial charge on any atom is -0.507 e. The number of ether oxygens (including phenoxy) is 3. The third-order valence-corrected chi connectivity index (χ3v) is 7.91. The highest BCUT2D eigenvalue weighted by Crippen LogP contribution is 2.53. The Morgan fingerprint density at radius 1 is 1.18 bits per heavy atom. The van der Waals surface area contributed by atoms with E-state index in [4.69, 9.17) is 14.2 Å². The molecule has 0 aromatic heterocycles. The van der Waals surface area contributed by atoms with Gasteiger partial charge in [0, 0.05) is 29.7 Å². The van der Waals surface area contributed by atoms with Crippen molar-refractivity contribution >= 4 is 17.1 Å². The van der Waals surface area contributed by atoms with E-state index in [1.807, 2.05) is 0 Å². The smallest absolute Gasteiger partial charge is 0.201 e. The van der Waals surface area contributed by atoms with Crippen molar-refractivity contribution < 1.29 is 44.2 Å². The van der Waals surface area contributed by atoms with Gasteiger partial charge in [0.25, 0.3) is 0 Å². The number of hydrogen-bond acceptors (Lipinski definition) is 10. The van der Waals surface area contributed by atoms with Crippen molar-refractivity contribution in [2.24, 2.45) is 5.92 Å². The predicted molar refractivity (Wildman–Crippen MR) is 142 cm³/mol. The lowest BCUT2D eigenvalue weighted by Crippen LogP contribution is -2.47. The van der Waals surface area contributed by atoms with E-state index in [1.165, 1.54) is 14.2 Å². The highest BCUT2D eigenvalue weighted by Gasteiger charge is 2.42. The first-order valence-electron chi connectivity index (χ1n) is 12.8. The summed E-state index contributed by atoms with van der Waals surface area (Å²) >= 11 is 0. The maximum absolute atomic E-state index is 13.8. The predicted octanol–water partition coefficient (Wildman–Crippen LogP) is 1.88. The van der Waals surface area contributed by atoms with Crippen LogP contribution in [0.1, 0.15) is 57.6 Å². The topological polar surface area (TPSA) is 155 Å². The molecule has 5 atom stereocenters. The van der Waals surface area contributed by atoms with Crippen molar-refractivity contribution in [2.45, 2.75) is 44.1 Å². The highest BCUT2D eigenvalue weighted by atomic mass is 16.5. The SMILES string of the molecule is C=C1c2cccc(OC)c2C(=O)c2c(O)c3c(c(O)c21)C[C@@H](C(=O)CO)C[C@@H]3OCC(NC)C(O)C(C)OC. The number of carbonyl (C=O) groups is 2. The second-order valence-corrected chi connectivity index (χ2v) is 9.94. The number of aliphatic hydroxyl groups is 2. The van der Waals surface area contributed by atoms with Gasteiger partial charge in [0.2, 0.25) is 5.78 Å². The zero-order valence-corrected chi connectivity index (χ0v) is 22.5. The average molecular weight is 542 g/mol. The molecule has 0 saturated carbocycles. The number of fused-ring (bicyclic) bond motifs is 3. The van der Waals surface area contributed by atoms with Crippen LogP contribution in [0.4, 0.5) is 0 Å². The number of phenols is 2. The molecule has 0 spiro atoms. The third-order valence-electron chi connectivity index (χ3n) is 7.91. The number of phenolic OH excluding ortho intramolecular Hbond substituents is 2. The van der Waals surface area contributed by atoms with Gasteiger partial charge in [0.05, 0.1) is 49.2 Å². The van der Waals surface area contributed by atoms with E-state index >= 15 is 0 Å². The Labute approximate surface area is 226 Å². The van der Waals surface area contributed by atoms with Crippen LogP contribution in [0.25, 0.3) is 5.57 Å². The Balaban J connectivity index is 1.84. The number of carbonyl (C=O) groups excluding carboxylic acids is 2. The molecule has 0 aliphatic heterocycles. The molecule has 10 nitrogen and oxygen atoms in total. The summed E-state index contributed by atoms with van der Waals surface area (Å²) in [5.41, 5.74) is 1.43. The van der Waals surface area contributed by atoms with Crippen LogP contribution >= 0.6 is 0 Å². The second-order valence-electron chi connectivity index (χ2n) is 9.94. The molecule has 3 unspecified atom stereocenters. The quantitative estimate of drug-likeness (QED) is 0.240. The molecule has 5 N–H and O–H groups in total. The summed E-state index contributed by atoms with van der Waals surface area (Å²) in [5.74, 6) is -2.01. The van der Waals surface area contributed by atoms with Gasteiger partial charge >= 0.3 is 0 Å². The van der Waals surface area contributed by atoms with Crippen molar-refractivity contribution in [3.8, 4) is 17.2 Å². The maximum Gasteiger partial charge on any atom is 0.201 e. The van der Waals surface area contributed by atoms with Crippen LogP contribution in [0, 0.1) is 5.92 Å². The van der Waals surface area contributed by atoms with Gasteiger partial charge in [-0.1, -0.05) is 18.7 Å². The van der Waals surface area contributed by atoms with Crippen molar-refractivity contribution in [3.63, 3.8) is 0 Å². The summed E-state index contributed by atoms with van der Waals surface area (Å²) in [6.45, 7) is 5.08. The first-order chi connectivity index (χ1) is 18.6. The molecule has 0 bridgehead atoms. The molecule has 10 heteroatoms. The van der Waals surface area contributed by atoms with Gasteiger partial charge in [-0.2, -0.15) is 0 Å². The highest BCUT2D eigenvalue weighted by molar-refractivity contribution is 6.22. The fourth-order valence-corrected chi connectivity index (χ4v) is 5.58. The third kappa shape index (κ3) is 4.83. The van der Waals surface area contributed by atoms with Crippen molar-refractivity contribution in [3.05, 3.63) is 58.2 Å². The fourth-order valence-electron chi connectivity index (χ4n) is 5.58. The van der Waals surface area contributed by atoms with Crippen LogP contribution in [0.2, 0.25) is 0 Å². The molecule has 0 fully saturated rings. The fraction of sp³-hybridized carbons (Fsp3) is 0.448. The zero-order valence-electron chi connectivity index (χ0n) is 22.5. The number of hydrogen-bond donors (Lipinski definition) is 5. The monoisotopic (exact) mass is 541 g/mol. The largest absolute Gasteiger partial charge is 0.507 e. The van der Waals surface area contributed by atoms with E-state index < -0.39 is 48.4 Å². The molecule has 0 saturated heterocycles. The summed E-state index contributed by atoms with van der Waals surface area (Å²) < 4.78 is 16.8. The van der Waals surface area contributed by atoms with Gasteiger partial charge < -0.3 is 40.0 Å². The normalized spacial score (nSPS) is 20.5. The van der Waals surface area contributed by atoms with Crippen LogP contribution in [0.5, 0.6) is 17.2 Å². The summed E-state index contributed by atoms with van der Waals surface area (Å²) in [6, 6.07) is 4.45. The lowest BCUT2D eigenvalue weighted by molar-refractivity contribution is -0.128. The molecule has 0 amide bonds. The molecule has 0 radical (unpaired) electrons. The van der Waals surface area contributed by atoms with E-state index in [2.05, 4.69) is 11.9 Å². The Bertz CT molecular complexity index is 1300. The van der Waals surface area contributed by atoms with Crippen molar-refractivity contribution in [1.29, 1.82) is 0 Å². The number of aromatic hydroxyl groups is 2. The average Bonchev–Trinajstić information content (AvgIpc) is 2.95. The number of ketones is 2. The van der Waals surface area contributed by atoms with Gasteiger partial charge in [0.15, 0.2) is 5.78 Å². The molecule has 210 valence electrons. The first kappa shape index (κ1) is 28.7. The number of likely N-dealkylation sites (N-methyl/N-ethyl adjacent to an activating group) is 1. The molecular weight excluding hydrogens is 506 g/mol. The molecule has 2 aromatic rings. The lowest BCUT2D eigenvalue weighted by atomic mass is 9.73. The van der Waals surface area contributed by atoms with Gasteiger partial charge in [0.1, 0.15) is 23.9 Å². The lowest BCUT2D eigenvalue weighted by Gasteiger charge is -2.36. The first-order valence-corrected chi connectivity index (χ1v) is 12.8. The summed E-state index contributed by atoms with van der Waals surface area (Å²) in [6.07, 6.45) is -2.23. The van der Waals surface area contributed by atoms with E-state index in [9.17, 15) is 30.0 Å². The maximum atomic E-state index is 13.8. The minimum atomic E-state index is -0.933. The van der Waals surface area contributed by atoms with E-state index in [0.717, 1.165) is 0 Å². The molecule has 2 aliphatic rings. The standard InChI is InChI=1S/C29H35NO9/c1-13-16-7-6-8-20(38-5)23(16)28(35)25-22(13)27(34)17-9-15(19(32)11-31)10-21(24(17)29(25)36)39-12-18(30-3)26(33)14(2)37-4/h6-8,14-15,18,21,26,30-31,33-34,36H,1,9-12H2,2-5H3/t14?,15-,18?,21+,26?/m1/s1. The molecule has 39 heavy (non-hydrogen) atoms. The van der Waals surface area contributed by atoms with Crippen LogP contribution in [0.3, 0.4) is 0 Å². The van der Waals surface area contributed by atoms with E-state index in [0.29, 0.717) is 16.9 Å². The number of methoxy groups -OCH3 is 2. The van der Waals surface area contributed by atoms with Gasteiger partial charge in [-0.25, -0.2) is 0 Å². The van der Waals surface area contributed by atoms with E-state index in [1.54, 1.807) is 32.2 Å². The van der Waals surface area contributed by atoms with Crippen LogP contribution in [-0.2, 0) is 20.7 Å². The molecular formula is C29H35NO9. The molecule has 0 heterocycles. The molecule has 2 aromatic carbocycles. The van der Waals surface area contributed by atoms with E-state index in [-0.39, 0.29) is 58.8 Å². The van der Waals surface area contributed by atoms with Gasteiger partial charge in [-0.05, 0) is 44.0 Å². The molecule has 4 rings (SSSR count). The van der Waals surface area contributed by atoms with Crippen LogP contribution in [-0.4, -0.2) is 84.7 Å². The van der Waals surface area contributed by atoms with Gasteiger partial charge in [-0.3, -0.25) is 9.59 Å². The number of benzene rings is 2. The zero-order chi connectivity index (χ0) is 28.6. The Kier molecular flexibility index (Phi) is 8.43. The number of nitrogens with one attached hydrogen (secondary N) is 1. The van der Waals surface area contributed by atoms with Crippen molar-refractivity contribution in [1.82, 2.24) is 5.32 Å².